The first-order chi connectivity index (χ1) is 11.9. The van der Waals surface area contributed by atoms with E-state index in [9.17, 15) is 4.79 Å². The van der Waals surface area contributed by atoms with Gasteiger partial charge in [0.1, 0.15) is 0 Å². The van der Waals surface area contributed by atoms with Crippen molar-refractivity contribution in [2.45, 2.75) is 34.2 Å². The van der Waals surface area contributed by atoms with E-state index < -0.39 is 0 Å². The lowest BCUT2D eigenvalue weighted by atomic mass is 10.1. The van der Waals surface area contributed by atoms with Crippen molar-refractivity contribution < 1.29 is 4.79 Å². The maximum absolute atomic E-state index is 12.7. The molecule has 3 aromatic rings. The molecule has 0 fully saturated rings. The first-order valence-corrected chi connectivity index (χ1v) is 8.28. The molecule has 0 atom stereocenters. The van der Waals surface area contributed by atoms with Gasteiger partial charge in [-0.05, 0) is 33.3 Å². The number of nitrogens with one attached hydrogen (secondary N) is 1. The summed E-state index contributed by atoms with van der Waals surface area (Å²) in [6.45, 7) is 8.30. The third kappa shape index (κ3) is 3.20. The Morgan fingerprint density at radius 2 is 1.68 bits per heavy atom. The van der Waals surface area contributed by atoms with Gasteiger partial charge in [-0.15, -0.1) is 0 Å². The second-order valence-corrected chi connectivity index (χ2v) is 6.31. The highest BCUT2D eigenvalue weighted by Gasteiger charge is 2.20. The molecule has 0 spiro atoms. The Morgan fingerprint density at radius 1 is 1.00 bits per heavy atom. The van der Waals surface area contributed by atoms with Crippen molar-refractivity contribution in [1.29, 1.82) is 0 Å². The molecule has 25 heavy (non-hydrogen) atoms. The second-order valence-electron chi connectivity index (χ2n) is 6.31. The van der Waals surface area contributed by atoms with Crippen LogP contribution in [0.5, 0.6) is 0 Å². The Morgan fingerprint density at radius 3 is 2.28 bits per heavy atom. The smallest absolute Gasteiger partial charge is 0.259 e. The predicted molar refractivity (Wildman–Crippen MR) is 97.9 cm³/mol. The van der Waals surface area contributed by atoms with Crippen LogP contribution >= 0.6 is 0 Å². The lowest BCUT2D eigenvalue weighted by Gasteiger charge is -2.08. The van der Waals surface area contributed by atoms with Gasteiger partial charge in [-0.3, -0.25) is 14.2 Å². The molecule has 2 aromatic heterocycles. The van der Waals surface area contributed by atoms with Gasteiger partial charge in [0, 0.05) is 12.7 Å². The Labute approximate surface area is 147 Å². The quantitative estimate of drug-likeness (QED) is 0.795. The van der Waals surface area contributed by atoms with E-state index in [1.165, 1.54) is 5.56 Å². The summed E-state index contributed by atoms with van der Waals surface area (Å²) < 4.78 is 3.64. The molecule has 0 unspecified atom stereocenters. The van der Waals surface area contributed by atoms with E-state index in [4.69, 9.17) is 0 Å². The molecule has 6 heteroatoms. The van der Waals surface area contributed by atoms with Crippen LogP contribution in [0.15, 0.2) is 30.3 Å². The number of nitrogens with zero attached hydrogens (tertiary/aromatic N) is 4. The molecule has 6 nitrogen and oxygen atoms in total. The number of aromatic nitrogens is 4. The number of anilines is 1. The van der Waals surface area contributed by atoms with Crippen LogP contribution in [-0.4, -0.2) is 25.5 Å². The summed E-state index contributed by atoms with van der Waals surface area (Å²) in [5.41, 5.74) is 5.88. The zero-order chi connectivity index (χ0) is 18.1. The highest BCUT2D eigenvalue weighted by Crippen LogP contribution is 2.22. The maximum atomic E-state index is 12.7. The molecule has 0 aliphatic rings. The fourth-order valence-electron chi connectivity index (χ4n) is 3.07. The third-order valence-corrected chi connectivity index (χ3v) is 4.53. The van der Waals surface area contributed by atoms with Gasteiger partial charge in [-0.25, -0.2) is 0 Å². The first-order valence-electron chi connectivity index (χ1n) is 8.28. The van der Waals surface area contributed by atoms with Crippen LogP contribution in [0.4, 0.5) is 5.69 Å². The number of hydrogen-bond acceptors (Lipinski definition) is 3. The van der Waals surface area contributed by atoms with Gasteiger partial charge >= 0.3 is 0 Å². The molecular weight excluding hydrogens is 314 g/mol. The van der Waals surface area contributed by atoms with Crippen LogP contribution in [0.1, 0.15) is 38.7 Å². The van der Waals surface area contributed by atoms with Crippen LogP contribution in [0, 0.1) is 27.7 Å². The summed E-state index contributed by atoms with van der Waals surface area (Å²) in [6, 6.07) is 10.2. The zero-order valence-corrected chi connectivity index (χ0v) is 15.3. The Kier molecular flexibility index (Phi) is 4.44. The molecule has 130 valence electrons. The zero-order valence-electron chi connectivity index (χ0n) is 15.3. The molecule has 1 amide bonds. The fraction of sp³-hybridized carbons (Fsp3) is 0.316. The fourth-order valence-corrected chi connectivity index (χ4v) is 3.07. The Bertz CT molecular complexity index is 921. The molecule has 0 aliphatic carbocycles. The second kappa shape index (κ2) is 6.55. The van der Waals surface area contributed by atoms with Crippen molar-refractivity contribution in [1.82, 2.24) is 19.6 Å². The number of aryl methyl sites for hydroxylation is 3. The van der Waals surface area contributed by atoms with Gasteiger partial charge < -0.3 is 5.32 Å². The van der Waals surface area contributed by atoms with E-state index >= 15 is 0 Å². The summed E-state index contributed by atoms with van der Waals surface area (Å²) in [4.78, 5) is 12.7. The van der Waals surface area contributed by atoms with Gasteiger partial charge in [0.2, 0.25) is 0 Å². The average Bonchev–Trinajstić information content (AvgIpc) is 2.98. The molecule has 1 aromatic carbocycles. The highest BCUT2D eigenvalue weighted by atomic mass is 16.1. The van der Waals surface area contributed by atoms with Crippen molar-refractivity contribution in [2.75, 3.05) is 5.32 Å². The molecule has 0 radical (unpaired) electrons. The number of amides is 1. The summed E-state index contributed by atoms with van der Waals surface area (Å²) >= 11 is 0. The van der Waals surface area contributed by atoms with Gasteiger partial charge in [0.15, 0.2) is 0 Å². The minimum atomic E-state index is -0.145. The van der Waals surface area contributed by atoms with Gasteiger partial charge in [0.05, 0.1) is 34.9 Å². The SMILES string of the molecule is Cc1nn(Cc2ccccc2)c(C)c1NC(=O)c1c(C)nn(C)c1C. The summed E-state index contributed by atoms with van der Waals surface area (Å²) in [7, 11) is 1.84. The van der Waals surface area contributed by atoms with E-state index in [0.717, 1.165) is 28.5 Å². The monoisotopic (exact) mass is 337 g/mol. The summed E-state index contributed by atoms with van der Waals surface area (Å²) in [6.07, 6.45) is 0. The minimum absolute atomic E-state index is 0.145. The van der Waals surface area contributed by atoms with Crippen LogP contribution in [-0.2, 0) is 13.6 Å². The molecular formula is C19H23N5O. The lowest BCUT2D eigenvalue weighted by Crippen LogP contribution is -2.15. The largest absolute Gasteiger partial charge is 0.319 e. The molecule has 2 heterocycles. The number of hydrogen-bond donors (Lipinski definition) is 1. The normalized spacial score (nSPS) is 10.9. The van der Waals surface area contributed by atoms with Crippen molar-refractivity contribution in [3.8, 4) is 0 Å². The van der Waals surface area contributed by atoms with E-state index in [2.05, 4.69) is 27.6 Å². The van der Waals surface area contributed by atoms with Gasteiger partial charge in [-0.2, -0.15) is 10.2 Å². The van der Waals surface area contributed by atoms with Crippen LogP contribution < -0.4 is 5.32 Å². The van der Waals surface area contributed by atoms with Crippen molar-refractivity contribution in [3.05, 3.63) is 64.2 Å². The molecule has 1 N–H and O–H groups in total. The van der Waals surface area contributed by atoms with Gasteiger partial charge in [-0.1, -0.05) is 30.3 Å². The van der Waals surface area contributed by atoms with E-state index in [-0.39, 0.29) is 5.91 Å². The number of carbonyl (C=O) groups excluding carboxylic acids is 1. The Balaban J connectivity index is 1.87. The molecule has 0 bridgehead atoms. The van der Waals surface area contributed by atoms with Crippen molar-refractivity contribution in [3.63, 3.8) is 0 Å². The molecule has 0 saturated carbocycles. The molecule has 3 rings (SSSR count). The average molecular weight is 337 g/mol. The van der Waals surface area contributed by atoms with Crippen LogP contribution in [0.3, 0.4) is 0 Å². The van der Waals surface area contributed by atoms with E-state index in [1.807, 2.05) is 57.6 Å². The van der Waals surface area contributed by atoms with E-state index in [1.54, 1.807) is 4.68 Å². The first kappa shape index (κ1) is 17.0. The van der Waals surface area contributed by atoms with Crippen molar-refractivity contribution in [2.24, 2.45) is 7.05 Å². The van der Waals surface area contributed by atoms with Crippen LogP contribution in [0.25, 0.3) is 0 Å². The highest BCUT2D eigenvalue weighted by molar-refractivity contribution is 6.06. The number of carbonyl (C=O) groups is 1. The standard InChI is InChI=1S/C19H23N5O/c1-12-17(14(3)23(5)21-12)19(25)20-18-13(2)22-24(15(18)4)11-16-9-7-6-8-10-16/h6-10H,11H2,1-5H3,(H,20,25). The topological polar surface area (TPSA) is 64.7 Å². The molecule has 0 saturated heterocycles. The molecule has 0 aliphatic heterocycles. The predicted octanol–water partition coefficient (Wildman–Crippen LogP) is 3.15. The van der Waals surface area contributed by atoms with E-state index in [0.29, 0.717) is 12.1 Å². The minimum Gasteiger partial charge on any atom is -0.319 e. The lowest BCUT2D eigenvalue weighted by molar-refractivity contribution is 0.102. The third-order valence-electron chi connectivity index (χ3n) is 4.53. The maximum Gasteiger partial charge on any atom is 0.259 e. The summed E-state index contributed by atoms with van der Waals surface area (Å²) in [5, 5.41) is 11.9. The van der Waals surface area contributed by atoms with Crippen LogP contribution in [0.2, 0.25) is 0 Å². The van der Waals surface area contributed by atoms with Gasteiger partial charge in [0.25, 0.3) is 5.91 Å². The number of rotatable bonds is 4. The summed E-state index contributed by atoms with van der Waals surface area (Å²) in [5.74, 6) is -0.145. The van der Waals surface area contributed by atoms with Crippen molar-refractivity contribution >= 4 is 11.6 Å². The number of benzene rings is 1. The Hall–Kier alpha value is -2.89.